The third kappa shape index (κ3) is 4.56. The van der Waals surface area contributed by atoms with E-state index in [4.69, 9.17) is 4.74 Å². The monoisotopic (exact) mass is 308 g/mol. The van der Waals surface area contributed by atoms with Crippen molar-refractivity contribution in [1.29, 1.82) is 0 Å². The zero-order chi connectivity index (χ0) is 16.8. The predicted octanol–water partition coefficient (Wildman–Crippen LogP) is 5.44. The highest BCUT2D eigenvalue weighted by atomic mass is 16.5. The van der Waals surface area contributed by atoms with Crippen molar-refractivity contribution in [3.05, 3.63) is 65.7 Å². The molecule has 0 aliphatic carbocycles. The molecule has 120 valence electrons. The van der Waals surface area contributed by atoms with Gasteiger partial charge in [0.25, 0.3) is 0 Å². The van der Waals surface area contributed by atoms with Crippen LogP contribution in [0.5, 0.6) is 0 Å². The Kier molecular flexibility index (Phi) is 5.75. The minimum Gasteiger partial charge on any atom is -0.463 e. The molecule has 0 spiro atoms. The van der Waals surface area contributed by atoms with Gasteiger partial charge in [0.1, 0.15) is 0 Å². The quantitative estimate of drug-likeness (QED) is 0.543. The standard InChI is InChI=1S/C21H24O2/c1-5-23-21(22)14-16(4)18-8-12-20(13-9-18)19-10-6-17(7-11-19)15(2)3/h6-15H,5H2,1-4H3/b16-14+. The first-order valence-corrected chi connectivity index (χ1v) is 8.07. The van der Waals surface area contributed by atoms with Crippen LogP contribution in [-0.2, 0) is 9.53 Å². The van der Waals surface area contributed by atoms with Gasteiger partial charge in [0.05, 0.1) is 6.61 Å². The Morgan fingerprint density at radius 3 is 2.00 bits per heavy atom. The summed E-state index contributed by atoms with van der Waals surface area (Å²) in [6.45, 7) is 8.52. The molecule has 0 saturated carbocycles. The van der Waals surface area contributed by atoms with Gasteiger partial charge in [0.2, 0.25) is 0 Å². The molecule has 0 amide bonds. The van der Waals surface area contributed by atoms with Gasteiger partial charge in [0.15, 0.2) is 0 Å². The molecule has 23 heavy (non-hydrogen) atoms. The number of ether oxygens (including phenoxy) is 1. The van der Waals surface area contributed by atoms with E-state index in [1.165, 1.54) is 22.8 Å². The molecule has 0 radical (unpaired) electrons. The molecule has 0 aliphatic heterocycles. The third-order valence-corrected chi connectivity index (χ3v) is 3.87. The summed E-state index contributed by atoms with van der Waals surface area (Å²) >= 11 is 0. The van der Waals surface area contributed by atoms with Crippen molar-refractivity contribution < 1.29 is 9.53 Å². The summed E-state index contributed by atoms with van der Waals surface area (Å²) in [4.78, 5) is 11.5. The highest BCUT2D eigenvalue weighted by Crippen LogP contribution is 2.24. The zero-order valence-electron chi connectivity index (χ0n) is 14.3. The third-order valence-electron chi connectivity index (χ3n) is 3.87. The second-order valence-corrected chi connectivity index (χ2v) is 5.93. The van der Waals surface area contributed by atoms with Gasteiger partial charge in [-0.1, -0.05) is 62.4 Å². The second-order valence-electron chi connectivity index (χ2n) is 5.93. The lowest BCUT2D eigenvalue weighted by molar-refractivity contribution is -0.137. The minimum absolute atomic E-state index is 0.293. The second kappa shape index (κ2) is 7.77. The summed E-state index contributed by atoms with van der Waals surface area (Å²) < 4.78 is 4.94. The fraction of sp³-hybridized carbons (Fsp3) is 0.286. The van der Waals surface area contributed by atoms with Crippen LogP contribution in [0, 0.1) is 0 Å². The molecule has 2 aromatic carbocycles. The Labute approximate surface area is 138 Å². The van der Waals surface area contributed by atoms with Crippen LogP contribution in [0.25, 0.3) is 16.7 Å². The Morgan fingerprint density at radius 1 is 1.00 bits per heavy atom. The van der Waals surface area contributed by atoms with Gasteiger partial charge in [-0.2, -0.15) is 0 Å². The van der Waals surface area contributed by atoms with Gasteiger partial charge >= 0.3 is 5.97 Å². The van der Waals surface area contributed by atoms with E-state index in [2.05, 4.69) is 50.2 Å². The fourth-order valence-electron chi connectivity index (χ4n) is 2.43. The fourth-order valence-corrected chi connectivity index (χ4v) is 2.43. The molecule has 0 bridgehead atoms. The molecule has 0 atom stereocenters. The van der Waals surface area contributed by atoms with Crippen molar-refractivity contribution in [2.45, 2.75) is 33.6 Å². The van der Waals surface area contributed by atoms with Crippen LogP contribution in [0.3, 0.4) is 0 Å². The Balaban J connectivity index is 2.17. The number of hydrogen-bond acceptors (Lipinski definition) is 2. The Morgan fingerprint density at radius 2 is 1.52 bits per heavy atom. The van der Waals surface area contributed by atoms with Gasteiger partial charge in [0, 0.05) is 6.08 Å². The van der Waals surface area contributed by atoms with Crippen LogP contribution < -0.4 is 0 Å². The lowest BCUT2D eigenvalue weighted by Gasteiger charge is -2.08. The largest absolute Gasteiger partial charge is 0.463 e. The van der Waals surface area contributed by atoms with Crippen LogP contribution in [0.1, 0.15) is 44.7 Å². The van der Waals surface area contributed by atoms with Gasteiger partial charge in [-0.05, 0) is 47.6 Å². The van der Waals surface area contributed by atoms with Crippen molar-refractivity contribution >= 4 is 11.5 Å². The molecule has 0 N–H and O–H groups in total. The Bertz CT molecular complexity index is 677. The van der Waals surface area contributed by atoms with Crippen molar-refractivity contribution in [2.24, 2.45) is 0 Å². The van der Waals surface area contributed by atoms with Gasteiger partial charge in [-0.15, -0.1) is 0 Å². The van der Waals surface area contributed by atoms with Crippen LogP contribution in [0.2, 0.25) is 0 Å². The van der Waals surface area contributed by atoms with E-state index in [1.807, 2.05) is 19.1 Å². The van der Waals surface area contributed by atoms with Crippen LogP contribution >= 0.6 is 0 Å². The number of carbonyl (C=O) groups excluding carboxylic acids is 1. The molecule has 0 heterocycles. The zero-order valence-corrected chi connectivity index (χ0v) is 14.3. The van der Waals surface area contributed by atoms with Crippen molar-refractivity contribution in [1.82, 2.24) is 0 Å². The topological polar surface area (TPSA) is 26.3 Å². The van der Waals surface area contributed by atoms with E-state index in [9.17, 15) is 4.79 Å². The summed E-state index contributed by atoms with van der Waals surface area (Å²) in [7, 11) is 0. The molecule has 0 saturated heterocycles. The maximum atomic E-state index is 11.5. The number of rotatable bonds is 5. The molecular weight excluding hydrogens is 284 g/mol. The van der Waals surface area contributed by atoms with Crippen molar-refractivity contribution in [3.8, 4) is 11.1 Å². The van der Waals surface area contributed by atoms with E-state index in [0.29, 0.717) is 12.5 Å². The molecule has 2 aromatic rings. The number of esters is 1. The van der Waals surface area contributed by atoms with Crippen LogP contribution in [0.4, 0.5) is 0 Å². The Hall–Kier alpha value is -2.35. The number of carbonyl (C=O) groups is 1. The van der Waals surface area contributed by atoms with E-state index < -0.39 is 0 Å². The van der Waals surface area contributed by atoms with E-state index in [0.717, 1.165) is 11.1 Å². The molecule has 2 nitrogen and oxygen atoms in total. The highest BCUT2D eigenvalue weighted by molar-refractivity contribution is 5.91. The smallest absolute Gasteiger partial charge is 0.331 e. The lowest BCUT2D eigenvalue weighted by Crippen LogP contribution is -2.00. The minimum atomic E-state index is -0.293. The molecular formula is C21H24O2. The summed E-state index contributed by atoms with van der Waals surface area (Å²) in [6, 6.07) is 16.9. The average Bonchev–Trinajstić information content (AvgIpc) is 2.55. The number of benzene rings is 2. The first kappa shape index (κ1) is 17.0. The number of allylic oxidation sites excluding steroid dienone is 1. The van der Waals surface area contributed by atoms with E-state index in [1.54, 1.807) is 6.92 Å². The summed E-state index contributed by atoms with van der Waals surface area (Å²) in [5.41, 5.74) is 5.66. The summed E-state index contributed by atoms with van der Waals surface area (Å²) in [5, 5.41) is 0. The normalized spacial score (nSPS) is 11.6. The van der Waals surface area contributed by atoms with Crippen molar-refractivity contribution in [3.63, 3.8) is 0 Å². The van der Waals surface area contributed by atoms with Gasteiger partial charge in [-0.25, -0.2) is 4.79 Å². The van der Waals surface area contributed by atoms with Gasteiger partial charge in [-0.3, -0.25) is 0 Å². The summed E-state index contributed by atoms with van der Waals surface area (Å²) in [5.74, 6) is 0.250. The summed E-state index contributed by atoms with van der Waals surface area (Å²) in [6.07, 6.45) is 1.54. The first-order chi connectivity index (χ1) is 11.0. The number of hydrogen-bond donors (Lipinski definition) is 0. The van der Waals surface area contributed by atoms with Crippen LogP contribution in [0.15, 0.2) is 54.6 Å². The highest BCUT2D eigenvalue weighted by Gasteiger charge is 2.04. The van der Waals surface area contributed by atoms with Gasteiger partial charge < -0.3 is 4.74 Å². The lowest BCUT2D eigenvalue weighted by atomic mass is 9.97. The molecule has 0 aromatic heterocycles. The van der Waals surface area contributed by atoms with Crippen LogP contribution in [-0.4, -0.2) is 12.6 Å². The van der Waals surface area contributed by atoms with Crippen molar-refractivity contribution in [2.75, 3.05) is 6.61 Å². The maximum Gasteiger partial charge on any atom is 0.331 e. The predicted molar refractivity (Wildman–Crippen MR) is 96.3 cm³/mol. The molecule has 0 aliphatic rings. The molecule has 2 rings (SSSR count). The average molecular weight is 308 g/mol. The maximum absolute atomic E-state index is 11.5. The van der Waals surface area contributed by atoms with E-state index in [-0.39, 0.29) is 5.97 Å². The van der Waals surface area contributed by atoms with E-state index >= 15 is 0 Å². The molecule has 0 fully saturated rings. The first-order valence-electron chi connectivity index (χ1n) is 8.07. The molecule has 2 heteroatoms. The molecule has 0 unspecified atom stereocenters. The SMILES string of the molecule is CCOC(=O)/C=C(\C)c1ccc(-c2ccc(C(C)C)cc2)cc1.